The molecule has 1 N–H and O–H groups in total. The maximum absolute atomic E-state index is 12.9. The summed E-state index contributed by atoms with van der Waals surface area (Å²) in [5, 5.41) is 0.709. The molecule has 3 rings (SSSR count). The van der Waals surface area contributed by atoms with Gasteiger partial charge in [0.1, 0.15) is 16.2 Å². The van der Waals surface area contributed by atoms with Crippen LogP contribution in [-0.4, -0.2) is 35.0 Å². The van der Waals surface area contributed by atoms with Crippen molar-refractivity contribution >= 4 is 32.6 Å². The first-order chi connectivity index (χ1) is 13.7. The number of nitrogens with zero attached hydrogens (tertiary/aromatic N) is 1. The van der Waals surface area contributed by atoms with Crippen LogP contribution < -0.4 is 14.4 Å². The van der Waals surface area contributed by atoms with E-state index in [4.69, 9.17) is 9.15 Å². The molecule has 0 aliphatic carbocycles. The molecule has 154 valence electrons. The Morgan fingerprint density at radius 2 is 1.93 bits per heavy atom. The molecule has 0 saturated heterocycles. The number of amides is 1. The van der Waals surface area contributed by atoms with E-state index in [0.29, 0.717) is 23.1 Å². The van der Waals surface area contributed by atoms with Crippen molar-refractivity contribution in [2.45, 2.75) is 25.2 Å². The van der Waals surface area contributed by atoms with E-state index in [-0.39, 0.29) is 16.4 Å². The molecule has 1 heterocycles. The summed E-state index contributed by atoms with van der Waals surface area (Å²) in [6, 6.07) is 12.0. The molecule has 3 aromatic rings. The maximum Gasteiger partial charge on any atom is 0.300 e. The zero-order valence-electron chi connectivity index (χ0n) is 16.9. The largest absolute Gasteiger partial charge is 0.492 e. The number of ether oxygens (including phenoxy) is 1. The lowest BCUT2D eigenvalue weighted by Crippen LogP contribution is -2.31. The van der Waals surface area contributed by atoms with E-state index in [1.165, 1.54) is 6.07 Å². The third-order valence-electron chi connectivity index (χ3n) is 4.38. The smallest absolute Gasteiger partial charge is 0.300 e. The van der Waals surface area contributed by atoms with Gasteiger partial charge in [-0.1, -0.05) is 19.1 Å². The van der Waals surface area contributed by atoms with Crippen LogP contribution in [0, 0.1) is 6.92 Å². The van der Waals surface area contributed by atoms with Crippen LogP contribution in [0.3, 0.4) is 0 Å². The summed E-state index contributed by atoms with van der Waals surface area (Å²) < 4.78 is 39.1. The van der Waals surface area contributed by atoms with Crippen LogP contribution in [0.1, 0.15) is 29.5 Å². The lowest BCUT2D eigenvalue weighted by molar-refractivity contribution is 0.0956. The fourth-order valence-corrected chi connectivity index (χ4v) is 4.26. The highest BCUT2D eigenvalue weighted by molar-refractivity contribution is 7.90. The van der Waals surface area contributed by atoms with Crippen molar-refractivity contribution in [3.63, 3.8) is 0 Å². The molecular formula is C21H24N2O5S. The van der Waals surface area contributed by atoms with Crippen LogP contribution >= 0.6 is 0 Å². The first-order valence-corrected chi connectivity index (χ1v) is 10.7. The number of aryl methyl sites for hydroxylation is 1. The number of hydrogen-bond acceptors (Lipinski definition) is 6. The van der Waals surface area contributed by atoms with Gasteiger partial charge in [0.2, 0.25) is 0 Å². The average molecular weight is 416 g/mol. The number of furan rings is 1. The Bertz CT molecular complexity index is 1150. The van der Waals surface area contributed by atoms with Gasteiger partial charge in [-0.15, -0.1) is 0 Å². The van der Waals surface area contributed by atoms with Gasteiger partial charge in [0.05, 0.1) is 6.61 Å². The van der Waals surface area contributed by atoms with E-state index in [0.717, 1.165) is 12.1 Å². The van der Waals surface area contributed by atoms with E-state index >= 15 is 0 Å². The zero-order valence-corrected chi connectivity index (χ0v) is 17.7. The molecule has 29 heavy (non-hydrogen) atoms. The second-order valence-electron chi connectivity index (χ2n) is 6.91. The fraction of sp³-hybridized carbons (Fsp3) is 0.286. The van der Waals surface area contributed by atoms with Gasteiger partial charge < -0.3 is 14.1 Å². The molecule has 1 aromatic heterocycles. The predicted molar refractivity (Wildman–Crippen MR) is 112 cm³/mol. The van der Waals surface area contributed by atoms with Crippen LogP contribution in [0.25, 0.3) is 11.0 Å². The van der Waals surface area contributed by atoms with E-state index in [2.05, 4.69) is 4.72 Å². The predicted octanol–water partition coefficient (Wildman–Crippen LogP) is 3.71. The molecule has 0 aliphatic heterocycles. The Balaban J connectivity index is 1.91. The van der Waals surface area contributed by atoms with Crippen molar-refractivity contribution in [1.82, 2.24) is 4.72 Å². The highest BCUT2D eigenvalue weighted by Gasteiger charge is 2.26. The highest BCUT2D eigenvalue weighted by atomic mass is 32.2. The monoisotopic (exact) mass is 416 g/mol. The van der Waals surface area contributed by atoms with Crippen LogP contribution in [0.4, 0.5) is 5.69 Å². The van der Waals surface area contributed by atoms with Gasteiger partial charge in [-0.3, -0.25) is 4.79 Å². The summed E-state index contributed by atoms with van der Waals surface area (Å²) in [4.78, 5) is 14.5. The van der Waals surface area contributed by atoms with E-state index in [1.54, 1.807) is 31.2 Å². The molecule has 2 aromatic carbocycles. The molecule has 0 fully saturated rings. The second kappa shape index (κ2) is 8.16. The first kappa shape index (κ1) is 20.7. The second-order valence-corrected chi connectivity index (χ2v) is 8.53. The minimum absolute atomic E-state index is 0.0483. The van der Waals surface area contributed by atoms with Crippen molar-refractivity contribution in [1.29, 1.82) is 0 Å². The summed E-state index contributed by atoms with van der Waals surface area (Å²) >= 11 is 0. The molecule has 8 heteroatoms. The van der Waals surface area contributed by atoms with Crippen LogP contribution in [-0.2, 0) is 10.0 Å². The Morgan fingerprint density at radius 1 is 1.17 bits per heavy atom. The summed E-state index contributed by atoms with van der Waals surface area (Å²) in [5.74, 6) is -0.700. The number of carbonyl (C=O) groups is 1. The number of nitrogens with one attached hydrogen (secondary N) is 1. The molecule has 1 amide bonds. The molecule has 0 spiro atoms. The summed E-state index contributed by atoms with van der Waals surface area (Å²) in [6.07, 6.45) is 0.730. The van der Waals surface area contributed by atoms with Crippen LogP contribution in [0.2, 0.25) is 0 Å². The van der Waals surface area contributed by atoms with E-state index in [9.17, 15) is 13.2 Å². The number of rotatable bonds is 7. The molecular weight excluding hydrogens is 392 g/mol. The minimum Gasteiger partial charge on any atom is -0.492 e. The van der Waals surface area contributed by atoms with Crippen molar-refractivity contribution < 1.29 is 22.4 Å². The topological polar surface area (TPSA) is 88.8 Å². The zero-order chi connectivity index (χ0) is 21.2. The fourth-order valence-electron chi connectivity index (χ4n) is 2.93. The third kappa shape index (κ3) is 4.37. The molecule has 0 bridgehead atoms. The van der Waals surface area contributed by atoms with Gasteiger partial charge >= 0.3 is 5.91 Å². The van der Waals surface area contributed by atoms with Crippen molar-refractivity contribution in [2.24, 2.45) is 0 Å². The van der Waals surface area contributed by atoms with E-state index < -0.39 is 15.9 Å². The normalized spacial score (nSPS) is 11.4. The molecule has 0 saturated carbocycles. The third-order valence-corrected chi connectivity index (χ3v) is 5.89. The summed E-state index contributed by atoms with van der Waals surface area (Å²) in [7, 11) is -0.364. The average Bonchev–Trinajstić information content (AvgIpc) is 3.09. The van der Waals surface area contributed by atoms with E-state index in [1.807, 2.05) is 38.1 Å². The Hall–Kier alpha value is -3.00. The molecule has 7 nitrogen and oxygen atoms in total. The van der Waals surface area contributed by atoms with Gasteiger partial charge in [0, 0.05) is 31.2 Å². The maximum atomic E-state index is 12.9. The number of carbonyl (C=O) groups excluding carboxylic acids is 1. The van der Waals surface area contributed by atoms with Crippen molar-refractivity contribution in [2.75, 3.05) is 25.6 Å². The van der Waals surface area contributed by atoms with Gasteiger partial charge in [-0.05, 0) is 43.2 Å². The first-order valence-electron chi connectivity index (χ1n) is 9.23. The minimum atomic E-state index is -4.15. The summed E-state index contributed by atoms with van der Waals surface area (Å²) in [5.41, 5.74) is 1.89. The van der Waals surface area contributed by atoms with Crippen molar-refractivity contribution in [3.8, 4) is 5.75 Å². The molecule has 0 aliphatic rings. The van der Waals surface area contributed by atoms with Crippen molar-refractivity contribution in [3.05, 3.63) is 53.8 Å². The lowest BCUT2D eigenvalue weighted by atomic mass is 10.2. The Kier molecular flexibility index (Phi) is 5.83. The number of hydrogen-bond donors (Lipinski definition) is 1. The molecule has 0 unspecified atom stereocenters. The number of benzene rings is 2. The lowest BCUT2D eigenvalue weighted by Gasteiger charge is -2.14. The van der Waals surface area contributed by atoms with Gasteiger partial charge in [-0.25, -0.2) is 13.1 Å². The van der Waals surface area contributed by atoms with Crippen LogP contribution in [0.5, 0.6) is 5.75 Å². The standard InChI is InChI=1S/C21H24N2O5S/c1-5-11-27-17-8-6-7-14(2)20(17)29(25,26)22-21(24)19-12-15-9-10-16(23(3)4)13-18(15)28-19/h6-10,12-13H,5,11H2,1-4H3,(H,22,24). The van der Waals surface area contributed by atoms with Crippen LogP contribution in [0.15, 0.2) is 51.8 Å². The Morgan fingerprint density at radius 3 is 2.62 bits per heavy atom. The molecule has 0 atom stereocenters. The SMILES string of the molecule is CCCOc1cccc(C)c1S(=O)(=O)NC(=O)c1cc2ccc(N(C)C)cc2o1. The number of anilines is 1. The van der Waals surface area contributed by atoms with Gasteiger partial charge in [0.15, 0.2) is 5.76 Å². The summed E-state index contributed by atoms with van der Waals surface area (Å²) in [6.45, 7) is 3.95. The Labute approximate surface area is 170 Å². The van der Waals surface area contributed by atoms with Gasteiger partial charge in [-0.2, -0.15) is 0 Å². The number of fused-ring (bicyclic) bond motifs is 1. The van der Waals surface area contributed by atoms with Gasteiger partial charge in [0.25, 0.3) is 10.0 Å². The highest BCUT2D eigenvalue weighted by Crippen LogP contribution is 2.28. The molecule has 0 radical (unpaired) electrons. The quantitative estimate of drug-likeness (QED) is 0.632. The number of sulfonamides is 1.